The highest BCUT2D eigenvalue weighted by Crippen LogP contribution is 2.29. The van der Waals surface area contributed by atoms with E-state index in [4.69, 9.17) is 46.9 Å². The molecule has 1 aromatic rings. The quantitative estimate of drug-likeness (QED) is 0.418. The smallest absolute Gasteiger partial charge is 0.305 e. The van der Waals surface area contributed by atoms with Crippen LogP contribution in [0.3, 0.4) is 0 Å². The number of carbonyl (C=O) groups is 5. The Morgan fingerprint density at radius 1 is 0.882 bits per heavy atom. The summed E-state index contributed by atoms with van der Waals surface area (Å²) >= 11 is 12.0. The van der Waals surface area contributed by atoms with Crippen LogP contribution in [-0.4, -0.2) is 67.0 Å². The topological polar surface area (TPSA) is 144 Å². The highest BCUT2D eigenvalue weighted by atomic mass is 35.5. The van der Waals surface area contributed by atoms with Crippen molar-refractivity contribution in [3.05, 3.63) is 33.8 Å². The van der Waals surface area contributed by atoms with Crippen molar-refractivity contribution in [1.29, 1.82) is 0 Å². The molecule has 0 aromatic heterocycles. The van der Waals surface area contributed by atoms with E-state index < -0.39 is 67.0 Å². The van der Waals surface area contributed by atoms with E-state index in [1.54, 1.807) is 0 Å². The van der Waals surface area contributed by atoms with Gasteiger partial charge in [0.05, 0.1) is 10.6 Å². The van der Waals surface area contributed by atoms with Crippen molar-refractivity contribution in [2.75, 3.05) is 6.61 Å². The minimum Gasteiger partial charge on any atom is -0.463 e. The molecule has 0 radical (unpaired) electrons. The molecule has 0 unspecified atom stereocenters. The Balaban J connectivity index is 2.48. The summed E-state index contributed by atoms with van der Waals surface area (Å²) in [5.41, 5.74) is 0.0142. The Kier molecular flexibility index (Phi) is 9.66. The number of hydrogen-bond donors (Lipinski definition) is 1. The average molecular weight is 520 g/mol. The van der Waals surface area contributed by atoms with Gasteiger partial charge in [0.2, 0.25) is 6.29 Å². The van der Waals surface area contributed by atoms with Gasteiger partial charge < -0.3 is 29.0 Å². The molecular formula is C21H23Cl2NO10. The number of hydrogen-bond acceptors (Lipinski definition) is 10. The average Bonchev–Trinajstić information content (AvgIpc) is 2.69. The molecule has 1 aliphatic rings. The number of halogens is 2. The van der Waals surface area contributed by atoms with Crippen LogP contribution in [0.1, 0.15) is 38.1 Å². The van der Waals surface area contributed by atoms with Crippen molar-refractivity contribution in [2.24, 2.45) is 0 Å². The van der Waals surface area contributed by atoms with E-state index in [1.807, 2.05) is 0 Å². The molecule has 13 heteroatoms. The monoisotopic (exact) mass is 519 g/mol. The summed E-state index contributed by atoms with van der Waals surface area (Å²) < 4.78 is 26.5. The van der Waals surface area contributed by atoms with Crippen LogP contribution in [0.4, 0.5) is 0 Å². The van der Waals surface area contributed by atoms with Gasteiger partial charge >= 0.3 is 23.9 Å². The van der Waals surface area contributed by atoms with E-state index in [2.05, 4.69) is 5.32 Å². The fraction of sp³-hybridized carbons (Fsp3) is 0.476. The van der Waals surface area contributed by atoms with Gasteiger partial charge in [0.1, 0.15) is 18.8 Å². The number of benzene rings is 1. The van der Waals surface area contributed by atoms with E-state index in [-0.39, 0.29) is 10.6 Å². The minimum atomic E-state index is -1.51. The lowest BCUT2D eigenvalue weighted by Gasteiger charge is -2.44. The van der Waals surface area contributed by atoms with Crippen LogP contribution in [0.2, 0.25) is 10.0 Å². The maximum Gasteiger partial charge on any atom is 0.305 e. The molecule has 1 amide bonds. The Morgan fingerprint density at radius 2 is 1.47 bits per heavy atom. The van der Waals surface area contributed by atoms with Crippen LogP contribution < -0.4 is 5.32 Å². The molecule has 0 aliphatic carbocycles. The zero-order valence-electron chi connectivity index (χ0n) is 18.7. The van der Waals surface area contributed by atoms with E-state index in [0.717, 1.165) is 27.7 Å². The summed E-state index contributed by atoms with van der Waals surface area (Å²) in [5.74, 6) is -3.75. The van der Waals surface area contributed by atoms with Crippen LogP contribution in [0.15, 0.2) is 18.2 Å². The highest BCUT2D eigenvalue weighted by Gasteiger charge is 2.52. The van der Waals surface area contributed by atoms with Gasteiger partial charge in [0.15, 0.2) is 12.2 Å². The molecule has 186 valence electrons. The largest absolute Gasteiger partial charge is 0.463 e. The second-order valence-corrected chi connectivity index (χ2v) is 8.07. The normalized spacial score (nSPS) is 23.9. The molecule has 0 spiro atoms. The predicted molar refractivity (Wildman–Crippen MR) is 116 cm³/mol. The Bertz CT molecular complexity index is 969. The lowest BCUT2D eigenvalue weighted by Crippen LogP contribution is -2.67. The zero-order chi connectivity index (χ0) is 25.6. The maximum absolute atomic E-state index is 13.0. The second-order valence-electron chi connectivity index (χ2n) is 7.23. The van der Waals surface area contributed by atoms with E-state index in [9.17, 15) is 24.0 Å². The van der Waals surface area contributed by atoms with Gasteiger partial charge in [-0.25, -0.2) is 0 Å². The Labute approximate surface area is 204 Å². The summed E-state index contributed by atoms with van der Waals surface area (Å²) in [4.78, 5) is 59.7. The maximum atomic E-state index is 13.0. The number of carbonyl (C=O) groups excluding carboxylic acids is 5. The first-order valence-corrected chi connectivity index (χ1v) is 10.7. The lowest BCUT2D eigenvalue weighted by atomic mass is 9.95. The first kappa shape index (κ1) is 27.4. The molecule has 0 saturated carbocycles. The van der Waals surface area contributed by atoms with Crippen LogP contribution in [0, 0.1) is 0 Å². The number of ether oxygens (including phenoxy) is 5. The van der Waals surface area contributed by atoms with Gasteiger partial charge in [-0.05, 0) is 18.2 Å². The minimum absolute atomic E-state index is 0.0142. The summed E-state index contributed by atoms with van der Waals surface area (Å²) in [7, 11) is 0. The molecule has 11 nitrogen and oxygen atoms in total. The predicted octanol–water partition coefficient (Wildman–Crippen LogP) is 1.81. The molecule has 1 aromatic carbocycles. The fourth-order valence-corrected chi connectivity index (χ4v) is 3.72. The van der Waals surface area contributed by atoms with Gasteiger partial charge in [0.25, 0.3) is 5.91 Å². The third-order valence-electron chi connectivity index (χ3n) is 4.46. The number of esters is 4. The van der Waals surface area contributed by atoms with Gasteiger partial charge in [-0.1, -0.05) is 23.2 Å². The molecule has 1 heterocycles. The van der Waals surface area contributed by atoms with Crippen LogP contribution in [0.25, 0.3) is 0 Å². The summed E-state index contributed by atoms with van der Waals surface area (Å²) in [6, 6.07) is 2.80. The second kappa shape index (κ2) is 12.0. The molecule has 1 aliphatic heterocycles. The van der Waals surface area contributed by atoms with Crippen molar-refractivity contribution in [1.82, 2.24) is 5.32 Å². The first-order valence-electron chi connectivity index (χ1n) is 9.95. The number of amides is 1. The van der Waals surface area contributed by atoms with Gasteiger partial charge in [-0.15, -0.1) is 0 Å². The van der Waals surface area contributed by atoms with Crippen molar-refractivity contribution < 1.29 is 47.7 Å². The zero-order valence-corrected chi connectivity index (χ0v) is 20.2. The Hall–Kier alpha value is -2.89. The number of rotatable bonds is 7. The van der Waals surface area contributed by atoms with E-state index in [0.29, 0.717) is 5.02 Å². The van der Waals surface area contributed by atoms with E-state index in [1.165, 1.54) is 18.2 Å². The first-order chi connectivity index (χ1) is 15.9. The van der Waals surface area contributed by atoms with Gasteiger partial charge in [-0.3, -0.25) is 24.0 Å². The van der Waals surface area contributed by atoms with Crippen molar-refractivity contribution in [3.63, 3.8) is 0 Å². The standard InChI is InChI=1S/C21H23Cl2NO10/c1-9(25)30-8-16-18(31-10(2)26)19(32-11(3)27)17(21(34-16)33-12(4)28)24-20(29)14-6-5-13(22)7-15(14)23/h5-7,16-19,21H,8H2,1-4H3,(H,24,29)/t16-,17+,18-,19-,21-/m1/s1. The summed E-state index contributed by atoms with van der Waals surface area (Å²) in [5, 5.41) is 2.87. The lowest BCUT2D eigenvalue weighted by molar-refractivity contribution is -0.270. The molecule has 1 fully saturated rings. The van der Waals surface area contributed by atoms with Crippen LogP contribution in [-0.2, 0) is 42.9 Å². The van der Waals surface area contributed by atoms with Crippen LogP contribution in [0.5, 0.6) is 0 Å². The molecule has 2 rings (SSSR count). The number of nitrogens with one attached hydrogen (secondary N) is 1. The van der Waals surface area contributed by atoms with E-state index >= 15 is 0 Å². The highest BCUT2D eigenvalue weighted by molar-refractivity contribution is 6.36. The molecular weight excluding hydrogens is 497 g/mol. The van der Waals surface area contributed by atoms with Gasteiger partial charge in [-0.2, -0.15) is 0 Å². The summed E-state index contributed by atoms with van der Waals surface area (Å²) in [6.07, 6.45) is -5.44. The SMILES string of the molecule is CC(=O)OC[C@H]1O[C@@H](OC(C)=O)[C@@H](NC(=O)c2ccc(Cl)cc2Cl)[C@@H](OC(C)=O)[C@@H]1OC(C)=O. The van der Waals surface area contributed by atoms with Crippen LogP contribution >= 0.6 is 23.2 Å². The third kappa shape index (κ3) is 7.57. The van der Waals surface area contributed by atoms with Crippen molar-refractivity contribution >= 4 is 53.0 Å². The molecule has 1 saturated heterocycles. The van der Waals surface area contributed by atoms with Crippen molar-refractivity contribution in [3.8, 4) is 0 Å². The third-order valence-corrected chi connectivity index (χ3v) is 5.00. The van der Waals surface area contributed by atoms with Crippen molar-refractivity contribution in [2.45, 2.75) is 58.3 Å². The molecule has 1 N–H and O–H groups in total. The summed E-state index contributed by atoms with van der Waals surface area (Å²) in [6.45, 7) is 4.02. The fourth-order valence-electron chi connectivity index (χ4n) is 3.22. The molecule has 34 heavy (non-hydrogen) atoms. The van der Waals surface area contributed by atoms with Gasteiger partial charge in [0, 0.05) is 32.7 Å². The Morgan fingerprint density at radius 3 is 2.00 bits per heavy atom. The molecule has 0 bridgehead atoms. The molecule has 5 atom stereocenters.